The minimum absolute atomic E-state index is 0. The Morgan fingerprint density at radius 2 is 1.76 bits per heavy atom. The summed E-state index contributed by atoms with van der Waals surface area (Å²) >= 11 is 0. The lowest BCUT2D eigenvalue weighted by atomic mass is 9.90. The zero-order valence-electron chi connectivity index (χ0n) is 16.1. The van der Waals surface area contributed by atoms with Crippen molar-refractivity contribution < 1.29 is 4.79 Å². The van der Waals surface area contributed by atoms with E-state index in [0.717, 1.165) is 45.7 Å². The summed E-state index contributed by atoms with van der Waals surface area (Å²) in [4.78, 5) is 17.3. The number of nitrogens with one attached hydrogen (secondary N) is 1. The molecule has 0 aliphatic carbocycles. The van der Waals surface area contributed by atoms with E-state index < -0.39 is 0 Å². The SMILES string of the molecule is CC(C)Cc1ccccc1C(C)C(=O)NCCN1CCN(C)CC1.Cl. The highest BCUT2D eigenvalue weighted by Gasteiger charge is 2.19. The molecule has 1 aromatic rings. The van der Waals surface area contributed by atoms with Crippen LogP contribution >= 0.6 is 12.4 Å². The Balaban J connectivity index is 0.00000312. The molecule has 4 nitrogen and oxygen atoms in total. The zero-order chi connectivity index (χ0) is 17.5. The highest BCUT2D eigenvalue weighted by Crippen LogP contribution is 2.22. The first-order chi connectivity index (χ1) is 11.5. The van der Waals surface area contributed by atoms with Crippen molar-refractivity contribution in [2.45, 2.75) is 33.1 Å². The van der Waals surface area contributed by atoms with Crippen LogP contribution in [0.3, 0.4) is 0 Å². The number of hydrogen-bond donors (Lipinski definition) is 1. The van der Waals surface area contributed by atoms with E-state index >= 15 is 0 Å². The van der Waals surface area contributed by atoms with E-state index in [2.05, 4.69) is 54.2 Å². The van der Waals surface area contributed by atoms with Gasteiger partial charge >= 0.3 is 0 Å². The Bertz CT molecular complexity index is 527. The molecular formula is C20H34ClN3O. The Hall–Kier alpha value is -1.10. The summed E-state index contributed by atoms with van der Waals surface area (Å²) < 4.78 is 0. The number of carbonyl (C=O) groups excluding carboxylic acids is 1. The number of rotatable bonds is 7. The molecule has 0 radical (unpaired) electrons. The molecule has 0 spiro atoms. The summed E-state index contributed by atoms with van der Waals surface area (Å²) in [5.41, 5.74) is 2.47. The Morgan fingerprint density at radius 3 is 2.40 bits per heavy atom. The van der Waals surface area contributed by atoms with Gasteiger partial charge < -0.3 is 10.2 Å². The molecule has 1 aliphatic heterocycles. The molecule has 142 valence electrons. The summed E-state index contributed by atoms with van der Waals surface area (Å²) in [6.07, 6.45) is 1.02. The topological polar surface area (TPSA) is 35.6 Å². The monoisotopic (exact) mass is 367 g/mol. The Morgan fingerprint density at radius 1 is 1.12 bits per heavy atom. The molecule has 25 heavy (non-hydrogen) atoms. The van der Waals surface area contributed by atoms with Gasteiger partial charge in [0.15, 0.2) is 0 Å². The highest BCUT2D eigenvalue weighted by atomic mass is 35.5. The molecule has 0 saturated carbocycles. The van der Waals surface area contributed by atoms with Gasteiger partial charge in [0, 0.05) is 39.3 Å². The van der Waals surface area contributed by atoms with Gasteiger partial charge in [-0.15, -0.1) is 12.4 Å². The van der Waals surface area contributed by atoms with Crippen LogP contribution in [0.25, 0.3) is 0 Å². The lowest BCUT2D eigenvalue weighted by Gasteiger charge is -2.32. The van der Waals surface area contributed by atoms with Gasteiger partial charge in [-0.1, -0.05) is 38.1 Å². The van der Waals surface area contributed by atoms with Crippen LogP contribution in [0.15, 0.2) is 24.3 Å². The van der Waals surface area contributed by atoms with E-state index in [1.54, 1.807) is 0 Å². The van der Waals surface area contributed by atoms with Crippen LogP contribution in [-0.4, -0.2) is 62.0 Å². The molecule has 5 heteroatoms. The van der Waals surface area contributed by atoms with Gasteiger partial charge in [-0.3, -0.25) is 9.69 Å². The third kappa shape index (κ3) is 6.96. The van der Waals surface area contributed by atoms with Crippen LogP contribution in [-0.2, 0) is 11.2 Å². The Labute approximate surface area is 159 Å². The van der Waals surface area contributed by atoms with Crippen LogP contribution in [0.5, 0.6) is 0 Å². The summed E-state index contributed by atoms with van der Waals surface area (Å²) in [6.45, 7) is 12.6. The number of carbonyl (C=O) groups is 1. The molecular weight excluding hydrogens is 334 g/mol. The number of hydrogen-bond acceptors (Lipinski definition) is 3. The van der Waals surface area contributed by atoms with E-state index in [4.69, 9.17) is 0 Å². The van der Waals surface area contributed by atoms with E-state index in [0.29, 0.717) is 5.92 Å². The van der Waals surface area contributed by atoms with Crippen LogP contribution in [0.2, 0.25) is 0 Å². The molecule has 1 saturated heterocycles. The fourth-order valence-electron chi connectivity index (χ4n) is 3.29. The third-order valence-corrected chi connectivity index (χ3v) is 4.87. The number of piperazine rings is 1. The molecule has 1 aliphatic rings. The standard InChI is InChI=1S/C20H33N3O.ClH/c1-16(2)15-18-7-5-6-8-19(18)17(3)20(24)21-9-10-23-13-11-22(4)12-14-23;/h5-8,16-17H,9-15H2,1-4H3,(H,21,24);1H. The average Bonchev–Trinajstić information content (AvgIpc) is 2.56. The van der Waals surface area contributed by atoms with E-state index in [1.807, 2.05) is 13.0 Å². The number of likely N-dealkylation sites (N-methyl/N-ethyl adjacent to an activating group) is 1. The van der Waals surface area contributed by atoms with Crippen molar-refractivity contribution in [1.29, 1.82) is 0 Å². The second-order valence-electron chi connectivity index (χ2n) is 7.45. The molecule has 0 aromatic heterocycles. The van der Waals surface area contributed by atoms with Crippen molar-refractivity contribution in [3.05, 3.63) is 35.4 Å². The quantitative estimate of drug-likeness (QED) is 0.804. The van der Waals surface area contributed by atoms with Gasteiger partial charge in [0.1, 0.15) is 0 Å². The van der Waals surface area contributed by atoms with Gasteiger partial charge in [-0.05, 0) is 37.4 Å². The van der Waals surface area contributed by atoms with Crippen molar-refractivity contribution in [3.63, 3.8) is 0 Å². The van der Waals surface area contributed by atoms with Gasteiger partial charge in [-0.2, -0.15) is 0 Å². The maximum absolute atomic E-state index is 12.5. The second-order valence-corrected chi connectivity index (χ2v) is 7.45. The van der Waals surface area contributed by atoms with Crippen molar-refractivity contribution in [2.75, 3.05) is 46.3 Å². The zero-order valence-corrected chi connectivity index (χ0v) is 16.9. The van der Waals surface area contributed by atoms with Crippen LogP contribution in [0.1, 0.15) is 37.8 Å². The molecule has 1 fully saturated rings. The van der Waals surface area contributed by atoms with Crippen LogP contribution in [0, 0.1) is 5.92 Å². The lowest BCUT2D eigenvalue weighted by Crippen LogP contribution is -2.47. The molecule has 1 N–H and O–H groups in total. The van der Waals surface area contributed by atoms with Crippen molar-refractivity contribution in [1.82, 2.24) is 15.1 Å². The Kier molecular flexibility index (Phi) is 9.47. The minimum Gasteiger partial charge on any atom is -0.354 e. The number of benzene rings is 1. The van der Waals surface area contributed by atoms with Gasteiger partial charge in [0.25, 0.3) is 0 Å². The van der Waals surface area contributed by atoms with Crippen molar-refractivity contribution >= 4 is 18.3 Å². The lowest BCUT2D eigenvalue weighted by molar-refractivity contribution is -0.122. The highest BCUT2D eigenvalue weighted by molar-refractivity contribution is 5.85. The molecule has 1 amide bonds. The number of nitrogens with zero attached hydrogens (tertiary/aromatic N) is 2. The predicted octanol–water partition coefficient (Wildman–Crippen LogP) is 2.77. The minimum atomic E-state index is -0.0903. The van der Waals surface area contributed by atoms with E-state index in [9.17, 15) is 4.79 Å². The fraction of sp³-hybridized carbons (Fsp3) is 0.650. The second kappa shape index (κ2) is 10.8. The number of amides is 1. The first kappa shape index (κ1) is 21.9. The first-order valence-corrected chi connectivity index (χ1v) is 9.23. The summed E-state index contributed by atoms with van der Waals surface area (Å²) in [5.74, 6) is 0.645. The van der Waals surface area contributed by atoms with E-state index in [-0.39, 0.29) is 24.2 Å². The first-order valence-electron chi connectivity index (χ1n) is 9.23. The van der Waals surface area contributed by atoms with Gasteiger partial charge in [0.2, 0.25) is 5.91 Å². The average molecular weight is 368 g/mol. The number of halogens is 1. The molecule has 1 heterocycles. The third-order valence-electron chi connectivity index (χ3n) is 4.87. The van der Waals surface area contributed by atoms with Crippen molar-refractivity contribution in [2.24, 2.45) is 5.92 Å². The fourth-order valence-corrected chi connectivity index (χ4v) is 3.29. The predicted molar refractivity (Wildman–Crippen MR) is 108 cm³/mol. The maximum Gasteiger partial charge on any atom is 0.227 e. The summed E-state index contributed by atoms with van der Waals surface area (Å²) in [5, 5.41) is 3.13. The normalized spacial score (nSPS) is 17.2. The summed E-state index contributed by atoms with van der Waals surface area (Å²) in [7, 11) is 2.16. The largest absolute Gasteiger partial charge is 0.354 e. The smallest absolute Gasteiger partial charge is 0.227 e. The molecule has 1 atom stereocenters. The van der Waals surface area contributed by atoms with Crippen LogP contribution < -0.4 is 5.32 Å². The van der Waals surface area contributed by atoms with Crippen molar-refractivity contribution in [3.8, 4) is 0 Å². The maximum atomic E-state index is 12.5. The molecule has 1 unspecified atom stereocenters. The summed E-state index contributed by atoms with van der Waals surface area (Å²) in [6, 6.07) is 8.36. The van der Waals surface area contributed by atoms with Gasteiger partial charge in [0.05, 0.1) is 5.92 Å². The molecule has 1 aromatic carbocycles. The van der Waals surface area contributed by atoms with Crippen LogP contribution in [0.4, 0.5) is 0 Å². The molecule has 2 rings (SSSR count). The van der Waals surface area contributed by atoms with Gasteiger partial charge in [-0.25, -0.2) is 0 Å². The molecule has 0 bridgehead atoms. The van der Waals surface area contributed by atoms with E-state index in [1.165, 1.54) is 11.1 Å².